The molecule has 2 N–H and O–H groups in total. The van der Waals surface area contributed by atoms with Gasteiger partial charge in [-0.2, -0.15) is 0 Å². The van der Waals surface area contributed by atoms with Gasteiger partial charge in [-0.05, 0) is 18.4 Å². The van der Waals surface area contributed by atoms with Crippen molar-refractivity contribution in [2.45, 2.75) is 26.8 Å². The van der Waals surface area contributed by atoms with E-state index in [4.69, 9.17) is 4.74 Å². The molecule has 0 bridgehead atoms. The third kappa shape index (κ3) is 5.22. The number of rotatable bonds is 8. The second-order valence-corrected chi connectivity index (χ2v) is 5.89. The van der Waals surface area contributed by atoms with E-state index in [1.165, 1.54) is 6.33 Å². The van der Waals surface area contributed by atoms with Crippen LogP contribution in [0.15, 0.2) is 36.7 Å². The van der Waals surface area contributed by atoms with Crippen LogP contribution in [-0.2, 0) is 6.54 Å². The number of hydrogen-bond donors (Lipinski definition) is 2. The first-order valence-electron chi connectivity index (χ1n) is 8.06. The van der Waals surface area contributed by atoms with Crippen molar-refractivity contribution >= 4 is 11.7 Å². The van der Waals surface area contributed by atoms with E-state index in [0.717, 1.165) is 17.7 Å². The second kappa shape index (κ2) is 8.86. The van der Waals surface area contributed by atoms with E-state index in [1.54, 1.807) is 13.2 Å². The molecule has 0 atom stereocenters. The number of nitrogens with zero attached hydrogens (tertiary/aromatic N) is 2. The fourth-order valence-corrected chi connectivity index (χ4v) is 2.18. The van der Waals surface area contributed by atoms with Crippen molar-refractivity contribution in [3.05, 3.63) is 47.9 Å². The molecule has 0 aliphatic carbocycles. The summed E-state index contributed by atoms with van der Waals surface area (Å²) in [4.78, 5) is 20.3. The van der Waals surface area contributed by atoms with E-state index >= 15 is 0 Å². The molecule has 6 heteroatoms. The minimum absolute atomic E-state index is 0.182. The Labute approximate surface area is 142 Å². The third-order valence-corrected chi connectivity index (χ3v) is 3.56. The van der Waals surface area contributed by atoms with Gasteiger partial charge < -0.3 is 15.4 Å². The monoisotopic (exact) mass is 328 g/mol. The molecule has 0 fully saturated rings. The lowest BCUT2D eigenvalue weighted by molar-refractivity contribution is 0.0947. The van der Waals surface area contributed by atoms with Crippen LogP contribution in [0.3, 0.4) is 0 Å². The Morgan fingerprint density at radius 3 is 2.79 bits per heavy atom. The van der Waals surface area contributed by atoms with E-state index in [9.17, 15) is 4.79 Å². The first kappa shape index (κ1) is 17.7. The number of anilines is 1. The predicted octanol–water partition coefficient (Wildman–Crippen LogP) is 2.87. The summed E-state index contributed by atoms with van der Waals surface area (Å²) in [6, 6.07) is 9.41. The smallest absolute Gasteiger partial charge is 0.270 e. The molecular formula is C18H24N4O2. The lowest BCUT2D eigenvalue weighted by Gasteiger charge is -2.10. The molecule has 128 valence electrons. The van der Waals surface area contributed by atoms with E-state index < -0.39 is 0 Å². The lowest BCUT2D eigenvalue weighted by atomic mass is 10.1. The number of hydrogen-bond acceptors (Lipinski definition) is 5. The molecule has 0 aliphatic heterocycles. The number of carbonyl (C=O) groups is 1. The van der Waals surface area contributed by atoms with Crippen molar-refractivity contribution in [2.24, 2.45) is 5.92 Å². The Morgan fingerprint density at radius 1 is 1.25 bits per heavy atom. The molecule has 6 nitrogen and oxygen atoms in total. The maximum absolute atomic E-state index is 12.1. The molecule has 1 amide bonds. The molecule has 0 radical (unpaired) electrons. The molecule has 1 aromatic heterocycles. The Balaban J connectivity index is 1.96. The molecule has 1 aromatic carbocycles. The van der Waals surface area contributed by atoms with Gasteiger partial charge in [0, 0.05) is 24.7 Å². The zero-order valence-corrected chi connectivity index (χ0v) is 14.4. The van der Waals surface area contributed by atoms with Gasteiger partial charge in [-0.1, -0.05) is 32.0 Å². The van der Waals surface area contributed by atoms with E-state index in [0.29, 0.717) is 30.5 Å². The molecule has 0 spiro atoms. The number of benzene rings is 1. The van der Waals surface area contributed by atoms with Crippen LogP contribution in [-0.4, -0.2) is 29.5 Å². The highest BCUT2D eigenvalue weighted by Crippen LogP contribution is 2.18. The highest BCUT2D eigenvalue weighted by Gasteiger charge is 2.09. The molecular weight excluding hydrogens is 304 g/mol. The molecule has 0 saturated heterocycles. The molecule has 2 aromatic rings. The topological polar surface area (TPSA) is 76.1 Å². The first-order chi connectivity index (χ1) is 11.6. The van der Waals surface area contributed by atoms with Gasteiger partial charge in [0.25, 0.3) is 5.91 Å². The van der Waals surface area contributed by atoms with E-state index in [-0.39, 0.29) is 5.91 Å². The van der Waals surface area contributed by atoms with E-state index in [2.05, 4.69) is 34.4 Å². The maximum atomic E-state index is 12.1. The Kier molecular flexibility index (Phi) is 6.54. The number of para-hydroxylation sites is 1. The van der Waals surface area contributed by atoms with Crippen LogP contribution < -0.4 is 15.4 Å². The van der Waals surface area contributed by atoms with Gasteiger partial charge in [-0.3, -0.25) is 4.79 Å². The van der Waals surface area contributed by atoms with Crippen molar-refractivity contribution < 1.29 is 9.53 Å². The minimum Gasteiger partial charge on any atom is -0.496 e. The van der Waals surface area contributed by atoms with Crippen molar-refractivity contribution in [2.75, 3.05) is 19.0 Å². The zero-order chi connectivity index (χ0) is 17.4. The fraction of sp³-hybridized carbons (Fsp3) is 0.389. The summed E-state index contributed by atoms with van der Waals surface area (Å²) >= 11 is 0. The molecule has 0 unspecified atom stereocenters. The van der Waals surface area contributed by atoms with Gasteiger partial charge in [0.2, 0.25) is 0 Å². The van der Waals surface area contributed by atoms with Crippen LogP contribution >= 0.6 is 0 Å². The standard InChI is InChI=1S/C18H24N4O2/c1-13(2)8-9-19-18(23)15-10-17(22-12-21-15)20-11-14-6-4-5-7-16(14)24-3/h4-7,10,12-13H,8-9,11H2,1-3H3,(H,19,23)(H,20,21,22). The van der Waals surface area contributed by atoms with Crippen LogP contribution in [0.25, 0.3) is 0 Å². The van der Waals surface area contributed by atoms with Crippen LogP contribution in [0.4, 0.5) is 5.82 Å². The summed E-state index contributed by atoms with van der Waals surface area (Å²) in [6.45, 7) is 5.44. The molecule has 1 heterocycles. The van der Waals surface area contributed by atoms with Crippen LogP contribution in [0.1, 0.15) is 36.3 Å². The minimum atomic E-state index is -0.182. The average Bonchev–Trinajstić information content (AvgIpc) is 2.60. The summed E-state index contributed by atoms with van der Waals surface area (Å²) < 4.78 is 5.32. The van der Waals surface area contributed by atoms with Crippen LogP contribution in [0.2, 0.25) is 0 Å². The summed E-state index contributed by atoms with van der Waals surface area (Å²) in [7, 11) is 1.64. The fourth-order valence-electron chi connectivity index (χ4n) is 2.18. The summed E-state index contributed by atoms with van der Waals surface area (Å²) in [5, 5.41) is 6.07. The average molecular weight is 328 g/mol. The molecule has 24 heavy (non-hydrogen) atoms. The predicted molar refractivity (Wildman–Crippen MR) is 94.1 cm³/mol. The number of methoxy groups -OCH3 is 1. The summed E-state index contributed by atoms with van der Waals surface area (Å²) in [6.07, 6.45) is 2.33. The van der Waals surface area contributed by atoms with Gasteiger partial charge in [0.15, 0.2) is 0 Å². The summed E-state index contributed by atoms with van der Waals surface area (Å²) in [5.74, 6) is 1.78. The van der Waals surface area contributed by atoms with Crippen molar-refractivity contribution in [1.29, 1.82) is 0 Å². The van der Waals surface area contributed by atoms with Crippen molar-refractivity contribution in [1.82, 2.24) is 15.3 Å². The molecule has 2 rings (SSSR count). The van der Waals surface area contributed by atoms with Crippen molar-refractivity contribution in [3.63, 3.8) is 0 Å². The zero-order valence-electron chi connectivity index (χ0n) is 14.4. The van der Waals surface area contributed by atoms with Gasteiger partial charge in [-0.25, -0.2) is 9.97 Å². The highest BCUT2D eigenvalue weighted by atomic mass is 16.5. The van der Waals surface area contributed by atoms with Gasteiger partial charge in [0.05, 0.1) is 7.11 Å². The van der Waals surface area contributed by atoms with Crippen molar-refractivity contribution in [3.8, 4) is 5.75 Å². The Morgan fingerprint density at radius 2 is 2.04 bits per heavy atom. The SMILES string of the molecule is COc1ccccc1CNc1cc(C(=O)NCCC(C)C)ncn1. The Hall–Kier alpha value is -2.63. The number of aromatic nitrogens is 2. The molecule has 0 saturated carbocycles. The highest BCUT2D eigenvalue weighted by molar-refractivity contribution is 5.92. The van der Waals surface area contributed by atoms with Gasteiger partial charge in [-0.15, -0.1) is 0 Å². The lowest BCUT2D eigenvalue weighted by Crippen LogP contribution is -2.26. The largest absolute Gasteiger partial charge is 0.496 e. The van der Waals surface area contributed by atoms with E-state index in [1.807, 2.05) is 24.3 Å². The number of amides is 1. The number of ether oxygens (including phenoxy) is 1. The van der Waals surface area contributed by atoms with Gasteiger partial charge in [0.1, 0.15) is 23.6 Å². The molecule has 0 aliphatic rings. The summed E-state index contributed by atoms with van der Waals surface area (Å²) in [5.41, 5.74) is 1.37. The van der Waals surface area contributed by atoms with Gasteiger partial charge >= 0.3 is 0 Å². The number of nitrogens with one attached hydrogen (secondary N) is 2. The Bertz CT molecular complexity index is 674. The third-order valence-electron chi connectivity index (χ3n) is 3.56. The normalized spacial score (nSPS) is 10.5. The quantitative estimate of drug-likeness (QED) is 0.779. The first-order valence-corrected chi connectivity index (χ1v) is 8.06. The van der Waals surface area contributed by atoms with Crippen LogP contribution in [0, 0.1) is 5.92 Å². The second-order valence-electron chi connectivity index (χ2n) is 5.89. The maximum Gasteiger partial charge on any atom is 0.270 e. The number of carbonyl (C=O) groups excluding carboxylic acids is 1. The van der Waals surface area contributed by atoms with Crippen LogP contribution in [0.5, 0.6) is 5.75 Å².